The van der Waals surface area contributed by atoms with Crippen molar-refractivity contribution in [3.8, 4) is 10.6 Å². The Balaban J connectivity index is 1.57. The molecular weight excluding hydrogens is 393 g/mol. The van der Waals surface area contributed by atoms with E-state index in [-0.39, 0.29) is 17.9 Å². The van der Waals surface area contributed by atoms with Crippen LogP contribution in [0, 0.1) is 0 Å². The molecule has 26 heavy (non-hydrogen) atoms. The summed E-state index contributed by atoms with van der Waals surface area (Å²) in [5.41, 5.74) is 1.15. The Hall–Kier alpha value is -2.15. The molecule has 0 bridgehead atoms. The summed E-state index contributed by atoms with van der Waals surface area (Å²) in [7, 11) is 0. The van der Waals surface area contributed by atoms with Gasteiger partial charge in [-0.1, -0.05) is 29.3 Å². The number of carbonyl (C=O) groups is 1. The summed E-state index contributed by atoms with van der Waals surface area (Å²) in [5.74, 6) is -0.161. The van der Waals surface area contributed by atoms with Crippen molar-refractivity contribution in [1.29, 1.82) is 0 Å². The third-order valence-corrected chi connectivity index (χ3v) is 5.25. The van der Waals surface area contributed by atoms with E-state index in [1.54, 1.807) is 35.6 Å². The van der Waals surface area contributed by atoms with Gasteiger partial charge in [-0.05, 0) is 42.1 Å². The first-order valence-corrected chi connectivity index (χ1v) is 9.53. The van der Waals surface area contributed by atoms with Crippen LogP contribution in [0.3, 0.4) is 0 Å². The van der Waals surface area contributed by atoms with Gasteiger partial charge < -0.3 is 5.32 Å². The molecule has 0 aliphatic heterocycles. The zero-order valence-electron chi connectivity index (χ0n) is 13.6. The van der Waals surface area contributed by atoms with Crippen LogP contribution >= 0.6 is 34.5 Å². The van der Waals surface area contributed by atoms with Gasteiger partial charge in [-0.2, -0.15) is 5.10 Å². The summed E-state index contributed by atoms with van der Waals surface area (Å²) in [6.07, 6.45) is 0.756. The number of nitrogens with one attached hydrogen (secondary N) is 1. The van der Waals surface area contributed by atoms with Crippen LogP contribution in [0.2, 0.25) is 10.0 Å². The second-order valence-electron chi connectivity index (χ2n) is 5.54. The van der Waals surface area contributed by atoms with Crippen molar-refractivity contribution < 1.29 is 4.79 Å². The number of aromatic nitrogens is 2. The highest BCUT2D eigenvalue weighted by atomic mass is 35.5. The monoisotopic (exact) mass is 407 g/mol. The highest BCUT2D eigenvalue weighted by molar-refractivity contribution is 7.13. The van der Waals surface area contributed by atoms with E-state index in [0.29, 0.717) is 28.7 Å². The van der Waals surface area contributed by atoms with Crippen molar-refractivity contribution in [2.75, 3.05) is 5.32 Å². The SMILES string of the molecule is O=C(CCCn1nc(-c2cccs2)ccc1=O)Nc1ccc(Cl)c(Cl)c1. The van der Waals surface area contributed by atoms with Crippen molar-refractivity contribution in [3.05, 3.63) is 68.2 Å². The first kappa shape index (κ1) is 18.6. The molecule has 2 aromatic heterocycles. The van der Waals surface area contributed by atoms with Crippen LogP contribution in [0.1, 0.15) is 12.8 Å². The van der Waals surface area contributed by atoms with Gasteiger partial charge in [0.1, 0.15) is 5.69 Å². The molecule has 0 atom stereocenters. The number of amides is 1. The van der Waals surface area contributed by atoms with Gasteiger partial charge >= 0.3 is 0 Å². The minimum atomic E-state index is -0.185. The number of nitrogens with zero attached hydrogens (tertiary/aromatic N) is 2. The van der Waals surface area contributed by atoms with Crippen LogP contribution in [0.25, 0.3) is 10.6 Å². The van der Waals surface area contributed by atoms with E-state index in [0.717, 1.165) is 10.6 Å². The maximum absolute atomic E-state index is 12.0. The molecule has 0 fully saturated rings. The highest BCUT2D eigenvalue weighted by Gasteiger charge is 2.07. The fourth-order valence-electron chi connectivity index (χ4n) is 2.35. The predicted molar refractivity (Wildman–Crippen MR) is 106 cm³/mol. The Kier molecular flexibility index (Phi) is 6.08. The van der Waals surface area contributed by atoms with Crippen molar-refractivity contribution in [3.63, 3.8) is 0 Å². The molecule has 3 aromatic rings. The van der Waals surface area contributed by atoms with Crippen LogP contribution in [0.5, 0.6) is 0 Å². The lowest BCUT2D eigenvalue weighted by molar-refractivity contribution is -0.116. The molecule has 2 heterocycles. The molecule has 1 amide bonds. The normalized spacial score (nSPS) is 10.7. The summed E-state index contributed by atoms with van der Waals surface area (Å²) in [6, 6.07) is 12.0. The maximum Gasteiger partial charge on any atom is 0.266 e. The number of anilines is 1. The number of halogens is 2. The molecule has 1 N–H and O–H groups in total. The average molecular weight is 408 g/mol. The second-order valence-corrected chi connectivity index (χ2v) is 7.30. The first-order valence-electron chi connectivity index (χ1n) is 7.90. The van der Waals surface area contributed by atoms with Gasteiger partial charge in [-0.15, -0.1) is 11.3 Å². The number of hydrogen-bond donors (Lipinski definition) is 1. The third-order valence-electron chi connectivity index (χ3n) is 3.62. The molecule has 0 unspecified atom stereocenters. The van der Waals surface area contributed by atoms with Gasteiger partial charge in [0, 0.05) is 24.7 Å². The molecule has 1 aromatic carbocycles. The molecule has 0 aliphatic rings. The molecule has 134 valence electrons. The first-order chi connectivity index (χ1) is 12.5. The Morgan fingerprint density at radius 2 is 2.00 bits per heavy atom. The number of benzene rings is 1. The fourth-order valence-corrected chi connectivity index (χ4v) is 3.34. The van der Waals surface area contributed by atoms with Crippen LogP contribution in [-0.2, 0) is 11.3 Å². The van der Waals surface area contributed by atoms with Crippen molar-refractivity contribution in [2.24, 2.45) is 0 Å². The van der Waals surface area contributed by atoms with Crippen molar-refractivity contribution in [1.82, 2.24) is 9.78 Å². The zero-order valence-corrected chi connectivity index (χ0v) is 15.9. The van der Waals surface area contributed by atoms with Gasteiger partial charge in [0.05, 0.1) is 14.9 Å². The van der Waals surface area contributed by atoms with E-state index in [1.807, 2.05) is 17.5 Å². The van der Waals surface area contributed by atoms with E-state index >= 15 is 0 Å². The summed E-state index contributed by atoms with van der Waals surface area (Å²) < 4.78 is 1.39. The molecule has 0 spiro atoms. The van der Waals surface area contributed by atoms with Gasteiger partial charge in [-0.25, -0.2) is 4.68 Å². The van der Waals surface area contributed by atoms with E-state index in [2.05, 4.69) is 10.4 Å². The van der Waals surface area contributed by atoms with E-state index < -0.39 is 0 Å². The summed E-state index contributed by atoms with van der Waals surface area (Å²) in [5, 5.41) is 9.89. The quantitative estimate of drug-likeness (QED) is 0.643. The van der Waals surface area contributed by atoms with Gasteiger partial charge in [0.15, 0.2) is 0 Å². The van der Waals surface area contributed by atoms with Crippen LogP contribution in [-0.4, -0.2) is 15.7 Å². The van der Waals surface area contributed by atoms with Crippen LogP contribution < -0.4 is 10.9 Å². The predicted octanol–water partition coefficient (Wildman–Crippen LogP) is 4.70. The van der Waals surface area contributed by atoms with Gasteiger partial charge in [0.25, 0.3) is 5.56 Å². The molecule has 8 heteroatoms. The highest BCUT2D eigenvalue weighted by Crippen LogP contribution is 2.25. The Morgan fingerprint density at radius 1 is 1.15 bits per heavy atom. The summed E-state index contributed by atoms with van der Waals surface area (Å²) in [4.78, 5) is 25.0. The Morgan fingerprint density at radius 3 is 2.73 bits per heavy atom. The standard InChI is InChI=1S/C18H15Cl2N3O2S/c19-13-6-5-12(11-14(13)20)21-17(24)4-1-9-23-18(25)8-7-15(22-23)16-3-2-10-26-16/h2-3,5-8,10-11H,1,4,9H2,(H,21,24). The molecule has 3 rings (SSSR count). The number of rotatable bonds is 6. The molecular formula is C18H15Cl2N3O2S. The van der Waals surface area contributed by atoms with E-state index in [4.69, 9.17) is 23.2 Å². The number of carbonyl (C=O) groups excluding carboxylic acids is 1. The summed E-state index contributed by atoms with van der Waals surface area (Å²) >= 11 is 13.3. The Labute approximate surface area is 164 Å². The minimum Gasteiger partial charge on any atom is -0.326 e. The Bertz CT molecular complexity index is 971. The minimum absolute atomic E-state index is 0.161. The average Bonchev–Trinajstić information content (AvgIpc) is 3.14. The number of aryl methyl sites for hydroxylation is 1. The second kappa shape index (κ2) is 8.49. The smallest absolute Gasteiger partial charge is 0.266 e. The third kappa shape index (κ3) is 4.72. The van der Waals surface area contributed by atoms with Crippen molar-refractivity contribution >= 4 is 46.1 Å². The molecule has 0 radical (unpaired) electrons. The number of thiophene rings is 1. The van der Waals surface area contributed by atoms with Crippen molar-refractivity contribution in [2.45, 2.75) is 19.4 Å². The van der Waals surface area contributed by atoms with E-state index in [9.17, 15) is 9.59 Å². The van der Waals surface area contributed by atoms with Crippen LogP contribution in [0.4, 0.5) is 5.69 Å². The lowest BCUT2D eigenvalue weighted by Gasteiger charge is -2.08. The molecule has 0 aliphatic carbocycles. The summed E-state index contributed by atoms with van der Waals surface area (Å²) in [6.45, 7) is 0.368. The van der Waals surface area contributed by atoms with E-state index in [1.165, 1.54) is 10.7 Å². The number of hydrogen-bond acceptors (Lipinski definition) is 4. The maximum atomic E-state index is 12.0. The van der Waals surface area contributed by atoms with Gasteiger partial charge in [-0.3, -0.25) is 9.59 Å². The molecule has 0 saturated carbocycles. The fraction of sp³-hybridized carbons (Fsp3) is 0.167. The largest absolute Gasteiger partial charge is 0.326 e. The topological polar surface area (TPSA) is 64.0 Å². The zero-order chi connectivity index (χ0) is 18.5. The van der Waals surface area contributed by atoms with Gasteiger partial charge in [0.2, 0.25) is 5.91 Å². The molecule has 0 saturated heterocycles. The lowest BCUT2D eigenvalue weighted by atomic mass is 10.2. The lowest BCUT2D eigenvalue weighted by Crippen LogP contribution is -2.23. The van der Waals surface area contributed by atoms with Crippen LogP contribution in [0.15, 0.2) is 52.6 Å². The molecule has 5 nitrogen and oxygen atoms in total.